The fourth-order valence-corrected chi connectivity index (χ4v) is 1.95. The van der Waals surface area contributed by atoms with Gasteiger partial charge >= 0.3 is 5.97 Å². The Kier molecular flexibility index (Phi) is 6.44. The van der Waals surface area contributed by atoms with Crippen LogP contribution in [0.15, 0.2) is 24.3 Å². The zero-order valence-corrected chi connectivity index (χ0v) is 11.9. The monoisotopic (exact) mass is 283 g/mol. The first-order chi connectivity index (χ1) is 9.50. The van der Waals surface area contributed by atoms with Crippen LogP contribution in [0.5, 0.6) is 5.75 Å². The number of aliphatic hydroxyl groups excluding tert-OH is 1. The van der Waals surface area contributed by atoms with Crippen LogP contribution in [0.1, 0.15) is 12.5 Å². The van der Waals surface area contributed by atoms with Crippen molar-refractivity contribution >= 4 is 5.97 Å². The molecule has 1 unspecified atom stereocenters. The van der Waals surface area contributed by atoms with Gasteiger partial charge in [-0.15, -0.1) is 0 Å². The van der Waals surface area contributed by atoms with Gasteiger partial charge in [0.15, 0.2) is 0 Å². The van der Waals surface area contributed by atoms with E-state index in [0.717, 1.165) is 5.56 Å². The van der Waals surface area contributed by atoms with E-state index in [9.17, 15) is 10.0 Å². The van der Waals surface area contributed by atoms with Gasteiger partial charge in [0.2, 0.25) is 0 Å². The zero-order valence-electron chi connectivity index (χ0n) is 11.9. The molecule has 6 heteroatoms. The molecule has 1 aromatic rings. The lowest BCUT2D eigenvalue weighted by molar-refractivity contribution is -0.894. The molecule has 0 aliphatic carbocycles. The third-order valence-corrected chi connectivity index (χ3v) is 2.96. The van der Waals surface area contributed by atoms with E-state index in [1.165, 1.54) is 6.92 Å². The third kappa shape index (κ3) is 5.16. The van der Waals surface area contributed by atoms with Gasteiger partial charge in [0, 0.05) is 12.5 Å². The highest BCUT2D eigenvalue weighted by Crippen LogP contribution is 2.22. The highest BCUT2D eigenvalue weighted by atomic mass is 16.6. The summed E-state index contributed by atoms with van der Waals surface area (Å²) in [4.78, 5) is 10.7. The Balaban J connectivity index is 2.76. The van der Waals surface area contributed by atoms with Gasteiger partial charge in [0.1, 0.15) is 32.0 Å². The number of esters is 1. The van der Waals surface area contributed by atoms with Crippen molar-refractivity contribution in [3.05, 3.63) is 35.0 Å². The Morgan fingerprint density at radius 2 is 2.05 bits per heavy atom. The van der Waals surface area contributed by atoms with Crippen molar-refractivity contribution in [1.82, 2.24) is 0 Å². The van der Waals surface area contributed by atoms with E-state index in [1.807, 2.05) is 18.2 Å². The molecule has 0 radical (unpaired) electrons. The molecule has 0 amide bonds. The molecule has 0 bridgehead atoms. The lowest BCUT2D eigenvalue weighted by atomic mass is 10.2. The molecule has 0 aliphatic rings. The number of benzene rings is 1. The Morgan fingerprint density at radius 3 is 2.65 bits per heavy atom. The topological polar surface area (TPSA) is 78.8 Å². The molecule has 0 fully saturated rings. The zero-order chi connectivity index (χ0) is 15.0. The number of carbonyl (C=O) groups is 1. The molecule has 112 valence electrons. The number of rotatable bonds is 8. The van der Waals surface area contributed by atoms with Crippen LogP contribution in [0.25, 0.3) is 0 Å². The van der Waals surface area contributed by atoms with E-state index in [4.69, 9.17) is 14.6 Å². The van der Waals surface area contributed by atoms with E-state index in [1.54, 1.807) is 13.2 Å². The molecule has 0 aliphatic heterocycles. The quantitative estimate of drug-likeness (QED) is 0.438. The fourth-order valence-electron chi connectivity index (χ4n) is 1.95. The van der Waals surface area contributed by atoms with Crippen molar-refractivity contribution in [1.29, 1.82) is 0 Å². The predicted molar refractivity (Wildman–Crippen MR) is 73.8 cm³/mol. The first-order valence-corrected chi connectivity index (χ1v) is 6.44. The minimum atomic E-state index is -0.663. The Labute approximate surface area is 118 Å². The smallest absolute Gasteiger partial charge is 0.302 e. The van der Waals surface area contributed by atoms with Crippen LogP contribution in [0.2, 0.25) is 0 Å². The molecule has 1 N–H and O–H groups in total. The average Bonchev–Trinajstić information content (AvgIpc) is 2.39. The molecular formula is C14H21NO5. The number of nitrogens with zero attached hydrogens (tertiary/aromatic N) is 1. The minimum Gasteiger partial charge on any atom is -0.632 e. The maximum absolute atomic E-state index is 12.7. The number of ether oxygens (including phenoxy) is 2. The summed E-state index contributed by atoms with van der Waals surface area (Å²) >= 11 is 0. The first-order valence-electron chi connectivity index (χ1n) is 6.44. The lowest BCUT2D eigenvalue weighted by Crippen LogP contribution is -2.46. The van der Waals surface area contributed by atoms with Gasteiger partial charge in [-0.2, -0.15) is 0 Å². The lowest BCUT2D eigenvalue weighted by Gasteiger charge is -2.42. The summed E-state index contributed by atoms with van der Waals surface area (Å²) in [5, 5.41) is 21.7. The van der Waals surface area contributed by atoms with Gasteiger partial charge in [-0.3, -0.25) is 4.79 Å². The van der Waals surface area contributed by atoms with Crippen molar-refractivity contribution in [3.63, 3.8) is 0 Å². The standard InChI is InChI=1S/C14H21NO5/c1-12(17)20-10-8-15(18,7-9-16)11-13-5-3-4-6-14(13)19-2/h3-6,16H,7-11H2,1-2H3. The van der Waals surface area contributed by atoms with Gasteiger partial charge in [-0.1, -0.05) is 12.1 Å². The highest BCUT2D eigenvalue weighted by molar-refractivity contribution is 5.65. The Morgan fingerprint density at radius 1 is 1.35 bits per heavy atom. The van der Waals surface area contributed by atoms with Gasteiger partial charge in [0.05, 0.1) is 13.7 Å². The van der Waals surface area contributed by atoms with E-state index >= 15 is 0 Å². The van der Waals surface area contributed by atoms with Crippen molar-refractivity contribution in [2.45, 2.75) is 13.5 Å². The summed E-state index contributed by atoms with van der Waals surface area (Å²) < 4.78 is 9.36. The SMILES string of the molecule is COc1ccccc1C[N+]([O-])(CCO)CCOC(C)=O. The van der Waals surface area contributed by atoms with Crippen LogP contribution in [-0.4, -0.2) is 49.1 Å². The molecular weight excluding hydrogens is 262 g/mol. The van der Waals surface area contributed by atoms with Crippen molar-refractivity contribution in [2.75, 3.05) is 33.4 Å². The number of para-hydroxylation sites is 1. The van der Waals surface area contributed by atoms with Crippen molar-refractivity contribution < 1.29 is 24.0 Å². The van der Waals surface area contributed by atoms with Crippen LogP contribution in [0, 0.1) is 5.21 Å². The van der Waals surface area contributed by atoms with Crippen molar-refractivity contribution in [3.8, 4) is 5.75 Å². The van der Waals surface area contributed by atoms with Crippen LogP contribution < -0.4 is 4.74 Å². The summed E-state index contributed by atoms with van der Waals surface area (Å²) in [7, 11) is 1.54. The van der Waals surface area contributed by atoms with Crippen LogP contribution in [-0.2, 0) is 16.1 Å². The second kappa shape index (κ2) is 7.84. The normalized spacial score (nSPS) is 13.6. The highest BCUT2D eigenvalue weighted by Gasteiger charge is 2.19. The molecule has 6 nitrogen and oxygen atoms in total. The van der Waals surface area contributed by atoms with Gasteiger partial charge in [-0.25, -0.2) is 0 Å². The summed E-state index contributed by atoms with van der Waals surface area (Å²) in [5.41, 5.74) is 0.765. The number of hydroxylamine groups is 3. The molecule has 0 saturated carbocycles. The maximum atomic E-state index is 12.7. The van der Waals surface area contributed by atoms with Crippen molar-refractivity contribution in [2.24, 2.45) is 0 Å². The van der Waals surface area contributed by atoms with Gasteiger partial charge in [0.25, 0.3) is 0 Å². The van der Waals surface area contributed by atoms with E-state index in [0.29, 0.717) is 5.75 Å². The maximum Gasteiger partial charge on any atom is 0.302 e. The minimum absolute atomic E-state index is 0.0357. The molecule has 20 heavy (non-hydrogen) atoms. The number of methoxy groups -OCH3 is 1. The largest absolute Gasteiger partial charge is 0.632 e. The van der Waals surface area contributed by atoms with Crippen LogP contribution >= 0.6 is 0 Å². The number of aliphatic hydroxyl groups is 1. The molecule has 1 atom stereocenters. The van der Waals surface area contributed by atoms with E-state index in [2.05, 4.69) is 0 Å². The number of carbonyl (C=O) groups excluding carboxylic acids is 1. The number of quaternary nitrogens is 1. The number of hydrogen-bond donors (Lipinski definition) is 1. The molecule has 0 aromatic heterocycles. The van der Waals surface area contributed by atoms with Gasteiger partial charge < -0.3 is 24.4 Å². The van der Waals surface area contributed by atoms with E-state index in [-0.39, 0.29) is 32.8 Å². The second-order valence-electron chi connectivity index (χ2n) is 4.54. The Hall–Kier alpha value is -1.63. The summed E-state index contributed by atoms with van der Waals surface area (Å²) in [6, 6.07) is 7.25. The van der Waals surface area contributed by atoms with E-state index < -0.39 is 10.6 Å². The fraction of sp³-hybridized carbons (Fsp3) is 0.500. The average molecular weight is 283 g/mol. The molecule has 0 heterocycles. The van der Waals surface area contributed by atoms with Gasteiger partial charge in [-0.05, 0) is 12.1 Å². The second-order valence-corrected chi connectivity index (χ2v) is 4.54. The summed E-state index contributed by atoms with van der Waals surface area (Å²) in [6.07, 6.45) is 0. The first kappa shape index (κ1) is 16.4. The predicted octanol–water partition coefficient (Wildman–Crippen LogP) is 1.07. The molecule has 0 saturated heterocycles. The summed E-state index contributed by atoms with van der Waals surface area (Å²) in [5.74, 6) is 0.217. The molecule has 1 aromatic carbocycles. The third-order valence-electron chi connectivity index (χ3n) is 2.96. The molecule has 0 spiro atoms. The Bertz CT molecular complexity index is 437. The molecule has 1 rings (SSSR count). The summed E-state index contributed by atoms with van der Waals surface area (Å²) in [6.45, 7) is 1.40. The van der Waals surface area contributed by atoms with Crippen LogP contribution in [0.4, 0.5) is 0 Å². The number of hydrogen-bond acceptors (Lipinski definition) is 5. The van der Waals surface area contributed by atoms with Crippen LogP contribution in [0.3, 0.4) is 0 Å².